The first-order valence-electron chi connectivity index (χ1n) is 19.3. The van der Waals surface area contributed by atoms with Gasteiger partial charge in [0.2, 0.25) is 17.5 Å². The van der Waals surface area contributed by atoms with Gasteiger partial charge in [-0.05, 0) is 96.8 Å². The summed E-state index contributed by atoms with van der Waals surface area (Å²) in [5.74, 6) is 3.87. The van der Waals surface area contributed by atoms with Gasteiger partial charge in [0, 0.05) is 51.3 Å². The Balaban J connectivity index is 0.858. The maximum Gasteiger partial charge on any atom is 0.246 e. The first-order chi connectivity index (χ1) is 28.3. The highest BCUT2D eigenvalue weighted by Gasteiger charge is 2.20. The molecule has 0 spiro atoms. The maximum absolute atomic E-state index is 13.2. The number of methoxy groups -OCH3 is 2. The fourth-order valence-corrected chi connectivity index (χ4v) is 7.25. The molecule has 1 amide bonds. The van der Waals surface area contributed by atoms with Gasteiger partial charge in [-0.2, -0.15) is 0 Å². The first kappa shape index (κ1) is 40.1. The normalized spacial score (nSPS) is 13.2. The number of fused-ring (bicyclic) bond motifs is 1. The second-order valence-electron chi connectivity index (χ2n) is 14.1. The molecule has 11 nitrogen and oxygen atoms in total. The Hall–Kier alpha value is -6.11. The number of hydrogen-bond acceptors (Lipinski definition) is 11. The Morgan fingerprint density at radius 1 is 0.776 bits per heavy atom. The van der Waals surface area contributed by atoms with E-state index < -0.39 is 0 Å². The van der Waals surface area contributed by atoms with Crippen molar-refractivity contribution in [3.05, 3.63) is 131 Å². The lowest BCUT2D eigenvalue weighted by atomic mass is 10.1. The van der Waals surface area contributed by atoms with Crippen LogP contribution in [0.5, 0.6) is 40.4 Å². The van der Waals surface area contributed by atoms with E-state index in [0.29, 0.717) is 55.2 Å². The van der Waals surface area contributed by atoms with E-state index in [0.717, 1.165) is 58.9 Å². The van der Waals surface area contributed by atoms with Crippen molar-refractivity contribution in [3.8, 4) is 40.4 Å². The van der Waals surface area contributed by atoms with Gasteiger partial charge in [0.1, 0.15) is 23.9 Å². The quantitative estimate of drug-likeness (QED) is 0.0832. The van der Waals surface area contributed by atoms with Crippen LogP contribution in [-0.2, 0) is 24.4 Å². The summed E-state index contributed by atoms with van der Waals surface area (Å²) in [5, 5.41) is 0. The van der Waals surface area contributed by atoms with Gasteiger partial charge in [0.05, 0.1) is 48.9 Å². The number of pyridine rings is 1. The average Bonchev–Trinajstić information content (AvgIpc) is 3.72. The highest BCUT2D eigenvalue weighted by Crippen LogP contribution is 2.41. The zero-order valence-corrected chi connectivity index (χ0v) is 34.1. The first-order valence-corrected chi connectivity index (χ1v) is 20.2. The van der Waals surface area contributed by atoms with Gasteiger partial charge < -0.3 is 33.3 Å². The predicted molar refractivity (Wildman–Crippen MR) is 227 cm³/mol. The molecular formula is C46H48N4O7S. The number of ether oxygens (including phenoxy) is 6. The second-order valence-corrected chi connectivity index (χ2v) is 15.0. The number of hydrogen-bond donors (Lipinski definition) is 0. The van der Waals surface area contributed by atoms with Crippen LogP contribution >= 0.6 is 11.3 Å². The standard InChI is InChI=1S/C46H48N4O7S/c1-32(2)56-38-13-11-37(12-14-38)54-24-19-33-5-7-34(8-6-33)29-49-20-22-50(23-21-49)45(51)18-10-35-25-41(52-3)46(42(26-35)53-4)57-44-17-15-39(28-47-44)55-30-36-9-16-40-43(27-36)58-31-48-40/h5-18,25-28,31-32H,19-24,29-30H2,1-4H3. The molecule has 300 valence electrons. The van der Waals surface area contributed by atoms with Crippen LogP contribution in [0.15, 0.2) is 109 Å². The van der Waals surface area contributed by atoms with E-state index in [1.807, 2.05) is 60.7 Å². The summed E-state index contributed by atoms with van der Waals surface area (Å²) in [5.41, 5.74) is 7.09. The third kappa shape index (κ3) is 10.8. The van der Waals surface area contributed by atoms with Crippen molar-refractivity contribution in [3.63, 3.8) is 0 Å². The minimum Gasteiger partial charge on any atom is -0.493 e. The minimum absolute atomic E-state index is 0.0418. The van der Waals surface area contributed by atoms with Crippen molar-refractivity contribution in [2.75, 3.05) is 47.0 Å². The van der Waals surface area contributed by atoms with Gasteiger partial charge in [0.25, 0.3) is 0 Å². The molecule has 0 saturated carbocycles. The van der Waals surface area contributed by atoms with Crippen molar-refractivity contribution in [2.24, 2.45) is 0 Å². The van der Waals surface area contributed by atoms with Crippen molar-refractivity contribution in [2.45, 2.75) is 39.5 Å². The number of benzene rings is 4. The van der Waals surface area contributed by atoms with Crippen LogP contribution in [0.25, 0.3) is 16.3 Å². The second kappa shape index (κ2) is 19.4. The van der Waals surface area contributed by atoms with E-state index in [9.17, 15) is 4.79 Å². The van der Waals surface area contributed by atoms with Crippen LogP contribution in [0.2, 0.25) is 0 Å². The molecule has 1 fully saturated rings. The smallest absolute Gasteiger partial charge is 0.246 e. The summed E-state index contributed by atoms with van der Waals surface area (Å²) in [7, 11) is 3.12. The molecule has 0 aliphatic carbocycles. The Labute approximate surface area is 343 Å². The van der Waals surface area contributed by atoms with Crippen LogP contribution in [0.4, 0.5) is 0 Å². The Morgan fingerprint density at radius 3 is 2.16 bits per heavy atom. The third-order valence-corrected chi connectivity index (χ3v) is 10.4. The monoisotopic (exact) mass is 800 g/mol. The van der Waals surface area contributed by atoms with Crippen LogP contribution in [-0.4, -0.2) is 78.8 Å². The lowest BCUT2D eigenvalue weighted by molar-refractivity contribution is -0.127. The van der Waals surface area contributed by atoms with Gasteiger partial charge in [-0.1, -0.05) is 30.3 Å². The van der Waals surface area contributed by atoms with E-state index in [2.05, 4.69) is 45.2 Å². The number of amides is 1. The van der Waals surface area contributed by atoms with Crippen molar-refractivity contribution < 1.29 is 33.2 Å². The molecule has 2 aromatic heterocycles. The maximum atomic E-state index is 13.2. The Bertz CT molecular complexity index is 2260. The van der Waals surface area contributed by atoms with Crippen LogP contribution in [0.1, 0.15) is 36.1 Å². The van der Waals surface area contributed by atoms with Gasteiger partial charge in [0.15, 0.2) is 11.5 Å². The molecule has 4 aromatic carbocycles. The average molecular weight is 801 g/mol. The number of carbonyl (C=O) groups is 1. The molecule has 12 heteroatoms. The fourth-order valence-electron chi connectivity index (χ4n) is 6.51. The number of aromatic nitrogens is 2. The molecule has 0 unspecified atom stereocenters. The number of piperazine rings is 1. The Kier molecular flexibility index (Phi) is 13.4. The largest absolute Gasteiger partial charge is 0.493 e. The lowest BCUT2D eigenvalue weighted by Gasteiger charge is -2.34. The lowest BCUT2D eigenvalue weighted by Crippen LogP contribution is -2.47. The molecule has 0 radical (unpaired) electrons. The molecule has 0 bridgehead atoms. The van der Waals surface area contributed by atoms with E-state index in [-0.39, 0.29) is 12.0 Å². The topological polar surface area (TPSA) is 105 Å². The number of carbonyl (C=O) groups excluding carboxylic acids is 1. The zero-order valence-electron chi connectivity index (χ0n) is 33.3. The molecule has 1 aliphatic heterocycles. The van der Waals surface area contributed by atoms with Crippen molar-refractivity contribution in [1.82, 2.24) is 19.8 Å². The molecule has 1 aliphatic rings. The van der Waals surface area contributed by atoms with E-state index in [1.54, 1.807) is 68.2 Å². The summed E-state index contributed by atoms with van der Waals surface area (Å²) >= 11 is 1.60. The predicted octanol–water partition coefficient (Wildman–Crippen LogP) is 8.85. The van der Waals surface area contributed by atoms with Crippen LogP contribution < -0.4 is 28.4 Å². The fraction of sp³-hybridized carbons (Fsp3) is 0.283. The van der Waals surface area contributed by atoms with Crippen LogP contribution in [0, 0.1) is 0 Å². The highest BCUT2D eigenvalue weighted by molar-refractivity contribution is 7.16. The molecule has 0 atom stereocenters. The van der Waals surface area contributed by atoms with Crippen molar-refractivity contribution >= 4 is 33.5 Å². The van der Waals surface area contributed by atoms with Crippen LogP contribution in [0.3, 0.4) is 0 Å². The minimum atomic E-state index is -0.0418. The summed E-state index contributed by atoms with van der Waals surface area (Å²) in [6.45, 7) is 8.79. The highest BCUT2D eigenvalue weighted by atomic mass is 32.1. The summed E-state index contributed by atoms with van der Waals surface area (Å²) in [4.78, 5) is 26.2. The van der Waals surface area contributed by atoms with Gasteiger partial charge in [-0.3, -0.25) is 9.69 Å². The summed E-state index contributed by atoms with van der Waals surface area (Å²) in [6.07, 6.45) is 5.95. The van der Waals surface area contributed by atoms with E-state index in [4.69, 9.17) is 28.4 Å². The molecule has 3 heterocycles. The van der Waals surface area contributed by atoms with E-state index >= 15 is 0 Å². The molecule has 6 aromatic rings. The SMILES string of the molecule is COc1cc(C=CC(=O)N2CCN(Cc3ccc(CCOc4ccc(OC(C)C)cc4)cc3)CC2)cc(OC)c1Oc1ccc(OCc2ccc3ncsc3c2)cn1. The Morgan fingerprint density at radius 2 is 1.47 bits per heavy atom. The van der Waals surface area contributed by atoms with Gasteiger partial charge in [-0.15, -0.1) is 11.3 Å². The van der Waals surface area contributed by atoms with E-state index in [1.165, 1.54) is 11.1 Å². The number of thiazole rings is 1. The van der Waals surface area contributed by atoms with Crippen molar-refractivity contribution in [1.29, 1.82) is 0 Å². The molecule has 7 rings (SSSR count). The van der Waals surface area contributed by atoms with Gasteiger partial charge >= 0.3 is 0 Å². The summed E-state index contributed by atoms with van der Waals surface area (Å²) < 4.78 is 36.2. The number of nitrogens with zero attached hydrogens (tertiary/aromatic N) is 4. The number of rotatable bonds is 17. The third-order valence-electron chi connectivity index (χ3n) is 9.59. The zero-order chi connectivity index (χ0) is 40.3. The molecule has 0 N–H and O–H groups in total. The molecular weight excluding hydrogens is 753 g/mol. The summed E-state index contributed by atoms with van der Waals surface area (Å²) in [6, 6.07) is 29.7. The molecule has 1 saturated heterocycles. The van der Waals surface area contributed by atoms with Gasteiger partial charge in [-0.25, -0.2) is 9.97 Å². The molecule has 58 heavy (non-hydrogen) atoms.